The summed E-state index contributed by atoms with van der Waals surface area (Å²) in [6, 6.07) is 41.6. The number of hydrogen-bond donors (Lipinski definition) is 0. The van der Waals surface area contributed by atoms with Gasteiger partial charge in [0.1, 0.15) is 0 Å². The normalized spacial score (nSPS) is 12.4. The number of rotatable bonds is 5. The van der Waals surface area contributed by atoms with Gasteiger partial charge in [-0.3, -0.25) is 4.98 Å². The summed E-state index contributed by atoms with van der Waals surface area (Å²) in [6.45, 7) is 1.62. The zero-order chi connectivity index (χ0) is 45.6. The van der Waals surface area contributed by atoms with Gasteiger partial charge >= 0.3 is 18.5 Å². The van der Waals surface area contributed by atoms with Crippen molar-refractivity contribution in [2.75, 3.05) is 0 Å². The van der Waals surface area contributed by atoms with Crippen molar-refractivity contribution in [3.8, 4) is 51.0 Å². The van der Waals surface area contributed by atoms with E-state index in [4.69, 9.17) is 4.98 Å². The SMILES string of the molecule is Cc1cc(-c2ccc3c(c2)c2ccccc2n3-c2cccc(C#N)c2-c2ncccc2-n2c3ccccc3c3cc(-c4cc(C(F)(F)F)cc(C(F)(F)F)c4)ccc32)cc(C(F)(F)F)c1. The highest BCUT2D eigenvalue weighted by atomic mass is 19.4. The third kappa shape index (κ3) is 7.02. The molecular weight excluding hydrogens is 852 g/mol. The molecule has 13 heteroatoms. The fourth-order valence-corrected chi connectivity index (χ4v) is 8.90. The summed E-state index contributed by atoms with van der Waals surface area (Å²) >= 11 is 0. The van der Waals surface area contributed by atoms with Gasteiger partial charge in [-0.15, -0.1) is 0 Å². The molecule has 10 aromatic rings. The number of pyridine rings is 1. The maximum Gasteiger partial charge on any atom is 0.416 e. The molecule has 7 aromatic carbocycles. The molecule has 10 rings (SSSR count). The zero-order valence-electron chi connectivity index (χ0n) is 33.7. The summed E-state index contributed by atoms with van der Waals surface area (Å²) in [5.41, 5.74) is 2.62. The number of aryl methyl sites for hydroxylation is 1. The molecule has 0 atom stereocenters. The number of para-hydroxylation sites is 2. The van der Waals surface area contributed by atoms with Crippen molar-refractivity contribution in [3.05, 3.63) is 186 Å². The molecule has 0 amide bonds. The molecule has 0 bridgehead atoms. The molecule has 0 spiro atoms. The Morgan fingerprint density at radius 3 is 1.46 bits per heavy atom. The van der Waals surface area contributed by atoms with Gasteiger partial charge < -0.3 is 9.13 Å². The largest absolute Gasteiger partial charge is 0.416 e. The Kier molecular flexibility index (Phi) is 9.42. The Balaban J connectivity index is 1.19. The van der Waals surface area contributed by atoms with Crippen LogP contribution in [0.1, 0.15) is 27.8 Å². The summed E-state index contributed by atoms with van der Waals surface area (Å²) in [5, 5.41) is 13.5. The highest BCUT2D eigenvalue weighted by Crippen LogP contribution is 2.44. The third-order valence-electron chi connectivity index (χ3n) is 11.7. The molecule has 0 unspecified atom stereocenters. The van der Waals surface area contributed by atoms with Gasteiger partial charge in [0, 0.05) is 33.3 Å². The van der Waals surface area contributed by atoms with E-state index in [2.05, 4.69) is 6.07 Å². The summed E-state index contributed by atoms with van der Waals surface area (Å²) < 4.78 is 129. The van der Waals surface area contributed by atoms with Gasteiger partial charge in [0.2, 0.25) is 0 Å². The quantitative estimate of drug-likeness (QED) is 0.162. The minimum Gasteiger partial charge on any atom is -0.309 e. The van der Waals surface area contributed by atoms with E-state index >= 15 is 0 Å². The van der Waals surface area contributed by atoms with Crippen LogP contribution in [0.4, 0.5) is 39.5 Å². The number of alkyl halides is 9. The molecule has 0 saturated carbocycles. The fraction of sp³-hybridized carbons (Fsp3) is 0.0769. The molecule has 320 valence electrons. The number of halogens is 9. The smallest absolute Gasteiger partial charge is 0.309 e. The fourth-order valence-electron chi connectivity index (χ4n) is 8.90. The van der Waals surface area contributed by atoms with Crippen LogP contribution in [-0.4, -0.2) is 14.1 Å². The minimum absolute atomic E-state index is 0.100. The van der Waals surface area contributed by atoms with Crippen LogP contribution in [0.25, 0.3) is 88.5 Å². The molecule has 0 radical (unpaired) electrons. The second-order valence-corrected chi connectivity index (χ2v) is 15.7. The maximum atomic E-state index is 13.9. The Hall–Kier alpha value is -7.85. The van der Waals surface area contributed by atoms with Crippen LogP contribution in [0.2, 0.25) is 0 Å². The van der Waals surface area contributed by atoms with Crippen molar-refractivity contribution >= 4 is 43.6 Å². The monoisotopic (exact) mass is 880 g/mol. The molecule has 0 saturated heterocycles. The Bertz CT molecular complexity index is 3570. The van der Waals surface area contributed by atoms with E-state index in [1.54, 1.807) is 67.7 Å². The first kappa shape index (κ1) is 41.2. The summed E-state index contributed by atoms with van der Waals surface area (Å²) in [7, 11) is 0. The second-order valence-electron chi connectivity index (χ2n) is 15.7. The van der Waals surface area contributed by atoms with Crippen molar-refractivity contribution in [3.63, 3.8) is 0 Å². The molecule has 3 aromatic heterocycles. The van der Waals surface area contributed by atoms with Gasteiger partial charge in [-0.2, -0.15) is 44.8 Å². The lowest BCUT2D eigenvalue weighted by Gasteiger charge is -2.18. The van der Waals surface area contributed by atoms with E-state index < -0.39 is 35.2 Å². The molecular formula is C52H29F9N4. The number of hydrogen-bond acceptors (Lipinski definition) is 2. The van der Waals surface area contributed by atoms with E-state index in [0.29, 0.717) is 78.8 Å². The maximum absolute atomic E-state index is 13.9. The van der Waals surface area contributed by atoms with E-state index in [1.807, 2.05) is 69.8 Å². The van der Waals surface area contributed by atoms with Gasteiger partial charge in [-0.1, -0.05) is 60.7 Å². The van der Waals surface area contributed by atoms with Crippen LogP contribution >= 0.6 is 0 Å². The first-order valence-electron chi connectivity index (χ1n) is 20.0. The molecule has 0 aliphatic rings. The van der Waals surface area contributed by atoms with Gasteiger partial charge in [0.25, 0.3) is 0 Å². The van der Waals surface area contributed by atoms with Crippen LogP contribution in [0.3, 0.4) is 0 Å². The predicted molar refractivity (Wildman–Crippen MR) is 234 cm³/mol. The highest BCUT2D eigenvalue weighted by Gasteiger charge is 2.37. The van der Waals surface area contributed by atoms with E-state index in [1.165, 1.54) is 6.07 Å². The summed E-state index contributed by atoms with van der Waals surface area (Å²) in [4.78, 5) is 4.89. The second kappa shape index (κ2) is 14.9. The standard InChI is InChI=1S/C52H29F9N4/c1-29-20-33(22-35(21-29)50(53,54)55)30-15-17-44-40(25-30)38-9-2-4-11-42(38)64(44)46-13-6-8-32(28-62)48(46)49-47(14-7-19-63-49)65-43-12-5-3-10-39(43)41-26-31(16-18-45(41)65)34-23-36(51(56,57)58)27-37(24-34)52(59,60)61/h2-27H,1H3. The number of nitriles is 1. The molecule has 0 aliphatic heterocycles. The Morgan fingerprint density at radius 1 is 0.446 bits per heavy atom. The average molecular weight is 881 g/mol. The third-order valence-corrected chi connectivity index (χ3v) is 11.7. The van der Waals surface area contributed by atoms with Crippen molar-refractivity contribution in [2.45, 2.75) is 25.5 Å². The lowest BCUT2D eigenvalue weighted by molar-refractivity contribution is -0.143. The van der Waals surface area contributed by atoms with E-state index in [0.717, 1.165) is 28.4 Å². The molecule has 0 aliphatic carbocycles. The van der Waals surface area contributed by atoms with Gasteiger partial charge in [-0.25, -0.2) is 0 Å². The predicted octanol–water partition coefficient (Wildman–Crippen LogP) is 15.5. The van der Waals surface area contributed by atoms with Crippen molar-refractivity contribution < 1.29 is 39.5 Å². The van der Waals surface area contributed by atoms with Crippen LogP contribution in [0, 0.1) is 18.3 Å². The number of fused-ring (bicyclic) bond motifs is 6. The Labute approximate surface area is 363 Å². The molecule has 0 N–H and O–H groups in total. The Morgan fingerprint density at radius 2 is 0.923 bits per heavy atom. The van der Waals surface area contributed by atoms with Crippen LogP contribution < -0.4 is 0 Å². The highest BCUT2D eigenvalue weighted by molar-refractivity contribution is 6.12. The topological polar surface area (TPSA) is 46.5 Å². The van der Waals surface area contributed by atoms with Gasteiger partial charge in [0.15, 0.2) is 0 Å². The number of benzene rings is 7. The first-order valence-corrected chi connectivity index (χ1v) is 20.0. The van der Waals surface area contributed by atoms with Crippen molar-refractivity contribution in [1.82, 2.24) is 14.1 Å². The zero-order valence-corrected chi connectivity index (χ0v) is 33.7. The molecule has 4 nitrogen and oxygen atoms in total. The van der Waals surface area contributed by atoms with Gasteiger partial charge in [-0.05, 0) is 126 Å². The number of aromatic nitrogens is 3. The molecule has 3 heterocycles. The lowest BCUT2D eigenvalue weighted by Crippen LogP contribution is -2.11. The minimum atomic E-state index is -5.03. The summed E-state index contributed by atoms with van der Waals surface area (Å²) in [5.74, 6) is 0. The van der Waals surface area contributed by atoms with Crippen LogP contribution in [0.5, 0.6) is 0 Å². The van der Waals surface area contributed by atoms with Crippen LogP contribution in [0.15, 0.2) is 158 Å². The van der Waals surface area contributed by atoms with Crippen molar-refractivity contribution in [2.24, 2.45) is 0 Å². The summed E-state index contributed by atoms with van der Waals surface area (Å²) in [6.07, 6.45) is -13.0. The average Bonchev–Trinajstić information content (AvgIpc) is 3.79. The van der Waals surface area contributed by atoms with Crippen molar-refractivity contribution in [1.29, 1.82) is 5.26 Å². The van der Waals surface area contributed by atoms with Crippen LogP contribution in [-0.2, 0) is 18.5 Å². The lowest BCUT2D eigenvalue weighted by atomic mass is 9.97. The van der Waals surface area contributed by atoms with E-state index in [9.17, 15) is 44.8 Å². The molecule has 65 heavy (non-hydrogen) atoms. The molecule has 0 fully saturated rings. The first-order chi connectivity index (χ1) is 31.0. The number of nitrogens with zero attached hydrogens (tertiary/aromatic N) is 4. The van der Waals surface area contributed by atoms with E-state index in [-0.39, 0.29) is 22.8 Å². The van der Waals surface area contributed by atoms with Gasteiger partial charge in [0.05, 0.1) is 67.5 Å².